The first-order chi connectivity index (χ1) is 15.1. The van der Waals surface area contributed by atoms with Gasteiger partial charge < -0.3 is 9.64 Å². The summed E-state index contributed by atoms with van der Waals surface area (Å²) in [5.41, 5.74) is 4.76. The van der Waals surface area contributed by atoms with Crippen LogP contribution in [0.3, 0.4) is 0 Å². The van der Waals surface area contributed by atoms with Crippen molar-refractivity contribution in [3.63, 3.8) is 0 Å². The summed E-state index contributed by atoms with van der Waals surface area (Å²) in [6, 6.07) is 8.93. The van der Waals surface area contributed by atoms with Gasteiger partial charge in [-0.15, -0.1) is 0 Å². The van der Waals surface area contributed by atoms with Crippen molar-refractivity contribution in [1.29, 1.82) is 0 Å². The standard InChI is InChI=1S/C23H25FN4O4/c1-5-27-20-11-18(24)16(10-17(20)15(2)12-23(27,3)4)13-25-26-22(29)14-32-21-9-7-6-8-19(21)28(30)31/h6-13H,5,14H2,1-4H3,(H,26,29)/b25-13+. The van der Waals surface area contributed by atoms with Crippen LogP contribution in [-0.2, 0) is 4.79 Å². The molecule has 3 rings (SSSR count). The minimum absolute atomic E-state index is 0.0250. The largest absolute Gasteiger partial charge is 0.477 e. The molecular weight excluding hydrogens is 415 g/mol. The van der Waals surface area contributed by atoms with Crippen LogP contribution in [0.4, 0.5) is 15.8 Å². The Kier molecular flexibility index (Phi) is 6.57. The zero-order chi connectivity index (χ0) is 23.5. The number of hydrogen-bond donors (Lipinski definition) is 1. The average molecular weight is 440 g/mol. The van der Waals surface area contributed by atoms with Gasteiger partial charge in [-0.25, -0.2) is 9.82 Å². The van der Waals surface area contributed by atoms with Crippen LogP contribution in [0.15, 0.2) is 47.6 Å². The summed E-state index contributed by atoms with van der Waals surface area (Å²) in [5.74, 6) is -1.11. The maximum Gasteiger partial charge on any atom is 0.310 e. The maximum atomic E-state index is 14.7. The number of halogens is 1. The molecule has 0 unspecified atom stereocenters. The van der Waals surface area contributed by atoms with Crippen LogP contribution in [0.25, 0.3) is 5.57 Å². The second-order valence-corrected chi connectivity index (χ2v) is 7.92. The number of likely N-dealkylation sites (N-methyl/N-ethyl adjacent to an activating group) is 1. The zero-order valence-corrected chi connectivity index (χ0v) is 18.4. The van der Waals surface area contributed by atoms with Crippen LogP contribution >= 0.6 is 0 Å². The number of nitro benzene ring substituents is 1. The van der Waals surface area contributed by atoms with E-state index < -0.39 is 23.3 Å². The van der Waals surface area contributed by atoms with Gasteiger partial charge in [0.25, 0.3) is 5.91 Å². The molecule has 0 saturated heterocycles. The molecule has 1 heterocycles. The number of fused-ring (bicyclic) bond motifs is 1. The molecule has 2 aromatic rings. The van der Waals surface area contributed by atoms with Crippen molar-refractivity contribution >= 4 is 29.1 Å². The van der Waals surface area contributed by atoms with Crippen molar-refractivity contribution in [2.24, 2.45) is 5.10 Å². The lowest BCUT2D eigenvalue weighted by Gasteiger charge is -2.42. The molecule has 0 radical (unpaired) electrons. The van der Waals surface area contributed by atoms with Crippen molar-refractivity contribution in [2.75, 3.05) is 18.1 Å². The first-order valence-electron chi connectivity index (χ1n) is 10.1. The van der Waals surface area contributed by atoms with E-state index in [4.69, 9.17) is 4.74 Å². The van der Waals surface area contributed by atoms with Crippen LogP contribution in [0.5, 0.6) is 5.75 Å². The molecule has 0 fully saturated rings. The molecule has 1 N–H and O–H groups in total. The number of hydrazone groups is 1. The van der Waals surface area contributed by atoms with Crippen molar-refractivity contribution < 1.29 is 18.8 Å². The topological polar surface area (TPSA) is 97.1 Å². The number of nitro groups is 1. The molecule has 9 heteroatoms. The third-order valence-corrected chi connectivity index (χ3v) is 5.23. The Bertz CT molecular complexity index is 1110. The third-order valence-electron chi connectivity index (χ3n) is 5.23. The number of carbonyl (C=O) groups excluding carboxylic acids is 1. The van der Waals surface area contributed by atoms with Crippen molar-refractivity contribution in [3.05, 3.63) is 69.5 Å². The fraction of sp³-hybridized carbons (Fsp3) is 0.304. The Balaban J connectivity index is 1.69. The third kappa shape index (κ3) is 4.77. The predicted molar refractivity (Wildman–Crippen MR) is 121 cm³/mol. The normalized spacial score (nSPS) is 14.7. The quantitative estimate of drug-likeness (QED) is 0.394. The number of anilines is 1. The van der Waals surface area contributed by atoms with E-state index in [0.717, 1.165) is 23.4 Å². The van der Waals surface area contributed by atoms with E-state index in [1.165, 1.54) is 30.5 Å². The van der Waals surface area contributed by atoms with Gasteiger partial charge in [-0.05, 0) is 51.5 Å². The second-order valence-electron chi connectivity index (χ2n) is 7.92. The highest BCUT2D eigenvalue weighted by Gasteiger charge is 2.31. The molecule has 168 valence electrons. The fourth-order valence-electron chi connectivity index (χ4n) is 3.87. The molecule has 0 bridgehead atoms. The van der Waals surface area contributed by atoms with Gasteiger partial charge in [-0.1, -0.05) is 18.2 Å². The molecule has 1 amide bonds. The number of benzene rings is 2. The van der Waals surface area contributed by atoms with Crippen LogP contribution in [-0.4, -0.2) is 35.7 Å². The fourth-order valence-corrected chi connectivity index (χ4v) is 3.87. The van der Waals surface area contributed by atoms with Crippen LogP contribution < -0.4 is 15.1 Å². The molecule has 1 aliphatic heterocycles. The molecule has 32 heavy (non-hydrogen) atoms. The van der Waals surface area contributed by atoms with E-state index in [2.05, 4.69) is 35.4 Å². The molecule has 0 spiro atoms. The second kappa shape index (κ2) is 9.17. The summed E-state index contributed by atoms with van der Waals surface area (Å²) in [6.45, 7) is 8.42. The highest BCUT2D eigenvalue weighted by molar-refractivity contribution is 5.89. The number of nitrogens with one attached hydrogen (secondary N) is 1. The van der Waals surface area contributed by atoms with Gasteiger partial charge in [0.1, 0.15) is 5.82 Å². The number of hydrogen-bond acceptors (Lipinski definition) is 6. The van der Waals surface area contributed by atoms with E-state index in [1.54, 1.807) is 12.1 Å². The maximum absolute atomic E-state index is 14.7. The molecule has 0 saturated carbocycles. The summed E-state index contributed by atoms with van der Waals surface area (Å²) in [7, 11) is 0. The first kappa shape index (κ1) is 22.9. The van der Waals surface area contributed by atoms with Crippen molar-refractivity contribution in [3.8, 4) is 5.75 Å². The van der Waals surface area contributed by atoms with Crippen LogP contribution in [0.1, 0.15) is 38.8 Å². The number of amides is 1. The van der Waals surface area contributed by atoms with Gasteiger partial charge in [0.15, 0.2) is 12.4 Å². The van der Waals surface area contributed by atoms with Gasteiger partial charge in [0, 0.05) is 29.4 Å². The number of nitrogens with zero attached hydrogens (tertiary/aromatic N) is 3. The number of carbonyl (C=O) groups is 1. The molecular formula is C23H25FN4O4. The van der Waals surface area contributed by atoms with Crippen LogP contribution in [0.2, 0.25) is 0 Å². The summed E-state index contributed by atoms with van der Waals surface area (Å²) in [6.07, 6.45) is 3.36. The lowest BCUT2D eigenvalue weighted by molar-refractivity contribution is -0.385. The SMILES string of the molecule is CCN1c2cc(F)c(/C=N/NC(=O)COc3ccccc3[N+](=O)[O-])cc2C(C)=CC1(C)C. The van der Waals surface area contributed by atoms with Crippen molar-refractivity contribution in [2.45, 2.75) is 33.2 Å². The zero-order valence-electron chi connectivity index (χ0n) is 18.4. The molecule has 0 atom stereocenters. The highest BCUT2D eigenvalue weighted by atomic mass is 19.1. The summed E-state index contributed by atoms with van der Waals surface area (Å²) >= 11 is 0. The predicted octanol–water partition coefficient (Wildman–Crippen LogP) is 4.28. The van der Waals surface area contributed by atoms with E-state index in [0.29, 0.717) is 0 Å². The molecule has 2 aromatic carbocycles. The molecule has 1 aliphatic rings. The monoisotopic (exact) mass is 440 g/mol. The Morgan fingerprint density at radius 2 is 2.06 bits per heavy atom. The lowest BCUT2D eigenvalue weighted by Crippen LogP contribution is -2.45. The highest BCUT2D eigenvalue weighted by Crippen LogP contribution is 2.39. The number of allylic oxidation sites excluding steroid dienone is 1. The summed E-state index contributed by atoms with van der Waals surface area (Å²) in [4.78, 5) is 24.5. The minimum atomic E-state index is -0.632. The molecule has 0 aliphatic carbocycles. The number of rotatable bonds is 7. The smallest absolute Gasteiger partial charge is 0.310 e. The van der Waals surface area contributed by atoms with Gasteiger partial charge >= 0.3 is 5.69 Å². The summed E-state index contributed by atoms with van der Waals surface area (Å²) < 4.78 is 19.9. The van der Waals surface area contributed by atoms with Gasteiger partial charge in [0.05, 0.1) is 16.7 Å². The average Bonchev–Trinajstić information content (AvgIpc) is 2.73. The van der Waals surface area contributed by atoms with Crippen molar-refractivity contribution in [1.82, 2.24) is 5.43 Å². The Morgan fingerprint density at radius 3 is 2.75 bits per heavy atom. The summed E-state index contributed by atoms with van der Waals surface area (Å²) in [5, 5.41) is 14.8. The first-order valence-corrected chi connectivity index (χ1v) is 10.1. The van der Waals surface area contributed by atoms with E-state index in [9.17, 15) is 19.3 Å². The number of para-hydroxylation sites is 2. The van der Waals surface area contributed by atoms with E-state index in [-0.39, 0.29) is 22.5 Å². The molecule has 0 aromatic heterocycles. The van der Waals surface area contributed by atoms with E-state index >= 15 is 0 Å². The Labute approximate surface area is 185 Å². The minimum Gasteiger partial charge on any atom is -0.477 e. The molecule has 8 nitrogen and oxygen atoms in total. The van der Waals surface area contributed by atoms with Gasteiger partial charge in [-0.3, -0.25) is 14.9 Å². The van der Waals surface area contributed by atoms with Crippen LogP contribution in [0, 0.1) is 15.9 Å². The van der Waals surface area contributed by atoms with Gasteiger partial charge in [0.2, 0.25) is 0 Å². The van der Waals surface area contributed by atoms with E-state index in [1.807, 2.05) is 13.8 Å². The number of ether oxygens (including phenoxy) is 1. The Hall–Kier alpha value is -3.75. The lowest BCUT2D eigenvalue weighted by atomic mass is 9.88. The Morgan fingerprint density at radius 1 is 1.34 bits per heavy atom. The van der Waals surface area contributed by atoms with Gasteiger partial charge in [-0.2, -0.15) is 5.10 Å².